The molecule has 0 aliphatic rings. The van der Waals surface area contributed by atoms with Crippen LogP contribution in [0.2, 0.25) is 0 Å². The normalized spacial score (nSPS) is 11.9. The maximum absolute atomic E-state index is 5.32. The van der Waals surface area contributed by atoms with Gasteiger partial charge in [0.1, 0.15) is 5.82 Å². The minimum atomic E-state index is 0.568. The summed E-state index contributed by atoms with van der Waals surface area (Å²) in [5, 5.41) is 15.2. The molecule has 4 N–H and O–H groups in total. The number of furan rings is 1. The maximum Gasteiger partial charge on any atom is 0.216 e. The summed E-state index contributed by atoms with van der Waals surface area (Å²) < 4.78 is 5.32. The average Bonchev–Trinajstić information content (AvgIpc) is 3.49. The van der Waals surface area contributed by atoms with Gasteiger partial charge in [-0.15, -0.1) is 0 Å². The number of benzene rings is 1. The molecule has 4 rings (SSSR count). The molecule has 0 amide bonds. The van der Waals surface area contributed by atoms with Gasteiger partial charge in [-0.2, -0.15) is 5.10 Å². The number of fused-ring (bicyclic) bond motifs is 1. The first-order chi connectivity index (χ1) is 14.7. The number of aliphatic imine (C=N–C) groups is 1. The Balaban J connectivity index is 1.31. The molecule has 0 spiro atoms. The van der Waals surface area contributed by atoms with Crippen molar-refractivity contribution in [2.75, 3.05) is 19.6 Å². The molecule has 3 aromatic heterocycles. The van der Waals surface area contributed by atoms with E-state index in [1.807, 2.05) is 12.1 Å². The third-order valence-electron chi connectivity index (χ3n) is 4.92. The molecule has 0 saturated heterocycles. The van der Waals surface area contributed by atoms with Gasteiger partial charge in [-0.25, -0.2) is 4.98 Å². The van der Waals surface area contributed by atoms with Crippen molar-refractivity contribution in [3.05, 3.63) is 59.7 Å². The zero-order valence-corrected chi connectivity index (χ0v) is 17.3. The van der Waals surface area contributed by atoms with Gasteiger partial charge in [0.05, 0.1) is 6.26 Å². The van der Waals surface area contributed by atoms with Crippen LogP contribution in [0.1, 0.15) is 23.9 Å². The fraction of sp³-hybridized carbons (Fsp3) is 0.318. The van der Waals surface area contributed by atoms with Crippen molar-refractivity contribution in [2.45, 2.75) is 26.7 Å². The van der Waals surface area contributed by atoms with Crippen LogP contribution in [0.4, 0.5) is 0 Å². The van der Waals surface area contributed by atoms with Gasteiger partial charge in [0.25, 0.3) is 0 Å². The molecule has 8 nitrogen and oxygen atoms in total. The maximum atomic E-state index is 5.32. The number of hydrogen-bond donors (Lipinski definition) is 4. The van der Waals surface area contributed by atoms with Crippen molar-refractivity contribution in [1.29, 1.82) is 0 Å². The van der Waals surface area contributed by atoms with E-state index in [1.165, 1.54) is 22.0 Å². The smallest absolute Gasteiger partial charge is 0.216 e. The lowest BCUT2D eigenvalue weighted by Gasteiger charge is -2.11. The van der Waals surface area contributed by atoms with Crippen LogP contribution in [0, 0.1) is 6.92 Å². The Morgan fingerprint density at radius 3 is 2.93 bits per heavy atom. The Kier molecular flexibility index (Phi) is 6.12. The summed E-state index contributed by atoms with van der Waals surface area (Å²) >= 11 is 0. The number of nitrogens with one attached hydrogen (secondary N) is 4. The third kappa shape index (κ3) is 4.53. The molecule has 0 atom stereocenters. The molecule has 8 heteroatoms. The summed E-state index contributed by atoms with van der Waals surface area (Å²) in [7, 11) is 0. The molecule has 0 radical (unpaired) electrons. The van der Waals surface area contributed by atoms with Gasteiger partial charge in [-0.3, -0.25) is 10.1 Å². The second-order valence-electron chi connectivity index (χ2n) is 7.08. The van der Waals surface area contributed by atoms with Gasteiger partial charge in [-0.1, -0.05) is 12.1 Å². The van der Waals surface area contributed by atoms with E-state index in [0.29, 0.717) is 24.6 Å². The van der Waals surface area contributed by atoms with Crippen molar-refractivity contribution in [2.24, 2.45) is 4.99 Å². The summed E-state index contributed by atoms with van der Waals surface area (Å²) in [5.74, 6) is 2.82. The monoisotopic (exact) mass is 405 g/mol. The predicted molar refractivity (Wildman–Crippen MR) is 119 cm³/mol. The first kappa shape index (κ1) is 19.8. The molecule has 0 saturated carbocycles. The predicted octanol–water partition coefficient (Wildman–Crippen LogP) is 3.19. The van der Waals surface area contributed by atoms with Gasteiger partial charge >= 0.3 is 0 Å². The van der Waals surface area contributed by atoms with E-state index in [4.69, 9.17) is 4.42 Å². The van der Waals surface area contributed by atoms with Gasteiger partial charge in [0, 0.05) is 43.2 Å². The Hall–Kier alpha value is -3.55. The second-order valence-corrected chi connectivity index (χ2v) is 7.08. The second kappa shape index (κ2) is 9.30. The van der Waals surface area contributed by atoms with Crippen LogP contribution in [0.15, 0.2) is 52.2 Å². The number of H-pyrrole nitrogens is 2. The van der Waals surface area contributed by atoms with Crippen LogP contribution in [0.25, 0.3) is 22.5 Å². The van der Waals surface area contributed by atoms with E-state index in [-0.39, 0.29) is 0 Å². The number of guanidine groups is 1. The highest BCUT2D eigenvalue weighted by atomic mass is 16.3. The highest BCUT2D eigenvalue weighted by Gasteiger charge is 2.09. The third-order valence-corrected chi connectivity index (χ3v) is 4.92. The topological polar surface area (TPSA) is 107 Å². The number of aromatic nitrogens is 4. The molecule has 3 heterocycles. The SMILES string of the molecule is CCNC(=NCCc1nc(-c2ccco2)n[nH]1)NCCc1c[nH]c2cccc(C)c12. The summed E-state index contributed by atoms with van der Waals surface area (Å²) in [6.45, 7) is 6.43. The van der Waals surface area contributed by atoms with Gasteiger partial charge < -0.3 is 20.0 Å². The largest absolute Gasteiger partial charge is 0.461 e. The number of aromatic amines is 2. The molecule has 0 bridgehead atoms. The van der Waals surface area contributed by atoms with Gasteiger partial charge in [0.15, 0.2) is 11.7 Å². The summed E-state index contributed by atoms with van der Waals surface area (Å²) in [6, 6.07) is 10.0. The standard InChI is InChI=1S/C22H27N7O/c1-3-23-22(24-11-9-16-14-26-17-7-4-6-15(2)20(16)17)25-12-10-19-27-21(29-28-19)18-8-5-13-30-18/h4-8,13-14,26H,3,9-12H2,1-2H3,(H2,23,24,25)(H,27,28,29). The van der Waals surface area contributed by atoms with Crippen LogP contribution in [-0.4, -0.2) is 45.8 Å². The van der Waals surface area contributed by atoms with Crippen LogP contribution in [-0.2, 0) is 12.8 Å². The number of hydrogen-bond acceptors (Lipinski definition) is 4. The van der Waals surface area contributed by atoms with Crippen molar-refractivity contribution >= 4 is 16.9 Å². The fourth-order valence-electron chi connectivity index (χ4n) is 3.50. The number of aryl methyl sites for hydroxylation is 1. The molecule has 156 valence electrons. The van der Waals surface area contributed by atoms with E-state index in [1.54, 1.807) is 6.26 Å². The lowest BCUT2D eigenvalue weighted by atomic mass is 10.1. The summed E-state index contributed by atoms with van der Waals surface area (Å²) in [5.41, 5.74) is 3.80. The molecule has 0 aliphatic carbocycles. The molecule has 0 aliphatic heterocycles. The van der Waals surface area contributed by atoms with Crippen LogP contribution < -0.4 is 10.6 Å². The number of nitrogens with zero attached hydrogens (tertiary/aromatic N) is 3. The van der Waals surface area contributed by atoms with E-state index in [9.17, 15) is 0 Å². The molecule has 0 fully saturated rings. The fourth-order valence-corrected chi connectivity index (χ4v) is 3.50. The lowest BCUT2D eigenvalue weighted by molar-refractivity contribution is 0.577. The summed E-state index contributed by atoms with van der Waals surface area (Å²) in [4.78, 5) is 12.5. The van der Waals surface area contributed by atoms with Crippen molar-refractivity contribution < 1.29 is 4.42 Å². The quantitative estimate of drug-likeness (QED) is 0.266. The Bertz CT molecular complexity index is 1110. The lowest BCUT2D eigenvalue weighted by Crippen LogP contribution is -2.38. The van der Waals surface area contributed by atoms with Gasteiger partial charge in [0.2, 0.25) is 5.82 Å². The molecular weight excluding hydrogens is 378 g/mol. The van der Waals surface area contributed by atoms with Gasteiger partial charge in [-0.05, 0) is 49.6 Å². The van der Waals surface area contributed by atoms with Crippen LogP contribution in [0.3, 0.4) is 0 Å². The minimum absolute atomic E-state index is 0.568. The van der Waals surface area contributed by atoms with Crippen molar-refractivity contribution in [1.82, 2.24) is 30.8 Å². The molecule has 30 heavy (non-hydrogen) atoms. The van der Waals surface area contributed by atoms with E-state index in [0.717, 1.165) is 31.3 Å². The highest BCUT2D eigenvalue weighted by Crippen LogP contribution is 2.22. The first-order valence-corrected chi connectivity index (χ1v) is 10.3. The Morgan fingerprint density at radius 2 is 2.10 bits per heavy atom. The Morgan fingerprint density at radius 1 is 1.17 bits per heavy atom. The van der Waals surface area contributed by atoms with Crippen molar-refractivity contribution in [3.63, 3.8) is 0 Å². The van der Waals surface area contributed by atoms with Crippen LogP contribution >= 0.6 is 0 Å². The number of rotatable bonds is 8. The molecular formula is C22H27N7O. The van der Waals surface area contributed by atoms with E-state index < -0.39 is 0 Å². The van der Waals surface area contributed by atoms with Crippen molar-refractivity contribution in [3.8, 4) is 11.6 Å². The molecule has 4 aromatic rings. The minimum Gasteiger partial charge on any atom is -0.461 e. The Labute approximate surface area is 175 Å². The average molecular weight is 406 g/mol. The summed E-state index contributed by atoms with van der Waals surface area (Å²) in [6.07, 6.45) is 5.31. The first-order valence-electron chi connectivity index (χ1n) is 10.3. The van der Waals surface area contributed by atoms with E-state index in [2.05, 4.69) is 74.0 Å². The molecule has 0 unspecified atom stereocenters. The van der Waals surface area contributed by atoms with Crippen LogP contribution in [0.5, 0.6) is 0 Å². The zero-order valence-electron chi connectivity index (χ0n) is 17.3. The highest BCUT2D eigenvalue weighted by molar-refractivity contribution is 5.86. The zero-order chi connectivity index (χ0) is 20.8. The molecule has 1 aromatic carbocycles. The van der Waals surface area contributed by atoms with E-state index >= 15 is 0 Å².